The van der Waals surface area contributed by atoms with Crippen LogP contribution in [0, 0.1) is 0 Å². The molecule has 1 fully saturated rings. The summed E-state index contributed by atoms with van der Waals surface area (Å²) < 4.78 is 29.8. The quantitative estimate of drug-likeness (QED) is 0.911. The Morgan fingerprint density at radius 3 is 2.79 bits per heavy atom. The van der Waals surface area contributed by atoms with Crippen molar-refractivity contribution in [1.82, 2.24) is 15.1 Å². The van der Waals surface area contributed by atoms with Gasteiger partial charge in [-0.3, -0.25) is 10.00 Å². The zero-order valence-corrected chi connectivity index (χ0v) is 13.5. The van der Waals surface area contributed by atoms with E-state index in [-0.39, 0.29) is 5.75 Å². The van der Waals surface area contributed by atoms with Crippen LogP contribution in [0.2, 0.25) is 0 Å². The van der Waals surface area contributed by atoms with Gasteiger partial charge in [0.25, 0.3) is 0 Å². The van der Waals surface area contributed by atoms with Gasteiger partial charge in [0.2, 0.25) is 0 Å². The normalized spacial score (nSPS) is 18.5. The molecule has 0 amide bonds. The number of halogens is 2. The van der Waals surface area contributed by atoms with E-state index in [1.165, 1.54) is 29.8 Å². The number of nitrogens with one attached hydrogen (secondary N) is 1. The Morgan fingerprint density at radius 2 is 2.00 bits per heavy atom. The molecular weight excluding hydrogens is 312 g/mol. The Morgan fingerprint density at radius 1 is 1.21 bits per heavy atom. The SMILES string of the molecule is FC(F)Oc1ccccc1CN1CCc2[nH]nc(C3CC3)c2CC1. The second kappa shape index (κ2) is 6.51. The summed E-state index contributed by atoms with van der Waals surface area (Å²) in [5.74, 6) is 0.923. The number of ether oxygens (including phenoxy) is 1. The second-order valence-corrected chi connectivity index (χ2v) is 6.60. The van der Waals surface area contributed by atoms with Gasteiger partial charge in [-0.05, 0) is 30.9 Å². The maximum absolute atomic E-state index is 12.6. The Bertz CT molecular complexity index is 712. The fourth-order valence-electron chi connectivity index (χ4n) is 3.49. The monoisotopic (exact) mass is 333 g/mol. The van der Waals surface area contributed by atoms with Crippen molar-refractivity contribution in [1.29, 1.82) is 0 Å². The van der Waals surface area contributed by atoms with Gasteiger partial charge in [0.1, 0.15) is 5.75 Å². The molecule has 2 heterocycles. The third kappa shape index (κ3) is 3.29. The van der Waals surface area contributed by atoms with E-state index in [1.54, 1.807) is 12.1 Å². The zero-order valence-electron chi connectivity index (χ0n) is 13.5. The first-order valence-electron chi connectivity index (χ1n) is 8.52. The first kappa shape index (κ1) is 15.6. The summed E-state index contributed by atoms with van der Waals surface area (Å²) >= 11 is 0. The maximum atomic E-state index is 12.6. The van der Waals surface area contributed by atoms with E-state index < -0.39 is 6.61 Å². The van der Waals surface area contributed by atoms with Gasteiger partial charge in [-0.1, -0.05) is 18.2 Å². The molecule has 128 valence electrons. The number of hydrogen-bond acceptors (Lipinski definition) is 3. The molecule has 1 aromatic heterocycles. The molecule has 0 atom stereocenters. The Labute approximate surface area is 139 Å². The molecule has 0 bridgehead atoms. The van der Waals surface area contributed by atoms with Crippen molar-refractivity contribution in [2.45, 2.75) is 44.8 Å². The minimum absolute atomic E-state index is 0.274. The first-order chi connectivity index (χ1) is 11.7. The van der Waals surface area contributed by atoms with E-state index in [1.807, 2.05) is 12.1 Å². The lowest BCUT2D eigenvalue weighted by Crippen LogP contribution is -2.26. The molecule has 0 saturated heterocycles. The van der Waals surface area contributed by atoms with Gasteiger partial charge in [0.05, 0.1) is 5.69 Å². The van der Waals surface area contributed by atoms with Gasteiger partial charge in [0.15, 0.2) is 0 Å². The fraction of sp³-hybridized carbons (Fsp3) is 0.500. The zero-order chi connectivity index (χ0) is 16.5. The van der Waals surface area contributed by atoms with Crippen LogP contribution in [0.3, 0.4) is 0 Å². The fourth-order valence-corrected chi connectivity index (χ4v) is 3.49. The molecule has 1 N–H and O–H groups in total. The summed E-state index contributed by atoms with van der Waals surface area (Å²) in [6, 6.07) is 7.06. The number of H-pyrrole nitrogens is 1. The lowest BCUT2D eigenvalue weighted by molar-refractivity contribution is -0.0507. The van der Waals surface area contributed by atoms with E-state index in [9.17, 15) is 8.78 Å². The third-order valence-corrected chi connectivity index (χ3v) is 4.89. The van der Waals surface area contributed by atoms with Crippen molar-refractivity contribution in [3.8, 4) is 5.75 Å². The molecule has 1 aliphatic heterocycles. The molecule has 6 heteroatoms. The Kier molecular flexibility index (Phi) is 4.22. The van der Waals surface area contributed by atoms with Gasteiger partial charge in [-0.15, -0.1) is 0 Å². The van der Waals surface area contributed by atoms with Crippen LogP contribution in [0.4, 0.5) is 8.78 Å². The van der Waals surface area contributed by atoms with Crippen molar-refractivity contribution in [3.63, 3.8) is 0 Å². The molecular formula is C18H21F2N3O. The molecule has 0 unspecified atom stereocenters. The van der Waals surface area contributed by atoms with Gasteiger partial charge in [-0.2, -0.15) is 13.9 Å². The third-order valence-electron chi connectivity index (χ3n) is 4.89. The number of alkyl halides is 2. The van der Waals surface area contributed by atoms with Crippen molar-refractivity contribution in [3.05, 3.63) is 46.8 Å². The number of fused-ring (bicyclic) bond motifs is 1. The van der Waals surface area contributed by atoms with Crippen LogP contribution < -0.4 is 4.74 Å². The number of aromatic nitrogens is 2. The van der Waals surface area contributed by atoms with Crippen LogP contribution in [-0.2, 0) is 19.4 Å². The highest BCUT2D eigenvalue weighted by Gasteiger charge is 2.31. The van der Waals surface area contributed by atoms with Gasteiger partial charge in [0, 0.05) is 43.2 Å². The molecule has 2 aromatic rings. The molecule has 0 radical (unpaired) electrons. The van der Waals surface area contributed by atoms with Gasteiger partial charge in [-0.25, -0.2) is 0 Å². The highest BCUT2D eigenvalue weighted by molar-refractivity contribution is 5.34. The molecule has 24 heavy (non-hydrogen) atoms. The minimum Gasteiger partial charge on any atom is -0.434 e. The van der Waals surface area contributed by atoms with E-state index in [0.29, 0.717) is 12.5 Å². The smallest absolute Gasteiger partial charge is 0.387 e. The number of hydrogen-bond donors (Lipinski definition) is 1. The highest BCUT2D eigenvalue weighted by atomic mass is 19.3. The number of benzene rings is 1. The number of rotatable bonds is 5. The molecule has 1 aliphatic carbocycles. The number of aromatic amines is 1. The lowest BCUT2D eigenvalue weighted by atomic mass is 10.1. The summed E-state index contributed by atoms with van der Waals surface area (Å²) in [4.78, 5) is 2.30. The Hall–Kier alpha value is -1.95. The van der Waals surface area contributed by atoms with Gasteiger partial charge >= 0.3 is 6.61 Å². The summed E-state index contributed by atoms with van der Waals surface area (Å²) in [6.07, 6.45) is 4.39. The molecule has 0 spiro atoms. The van der Waals surface area contributed by atoms with E-state index in [4.69, 9.17) is 0 Å². The largest absolute Gasteiger partial charge is 0.434 e. The van der Waals surface area contributed by atoms with E-state index in [2.05, 4.69) is 19.8 Å². The maximum Gasteiger partial charge on any atom is 0.387 e. The highest BCUT2D eigenvalue weighted by Crippen LogP contribution is 2.41. The van der Waals surface area contributed by atoms with Crippen LogP contribution in [0.5, 0.6) is 5.75 Å². The summed E-state index contributed by atoms with van der Waals surface area (Å²) in [7, 11) is 0. The van der Waals surface area contributed by atoms with Crippen LogP contribution in [0.25, 0.3) is 0 Å². The summed E-state index contributed by atoms with van der Waals surface area (Å²) in [5, 5.41) is 7.72. The van der Waals surface area contributed by atoms with Crippen molar-refractivity contribution in [2.24, 2.45) is 0 Å². The van der Waals surface area contributed by atoms with Crippen LogP contribution in [0.1, 0.15) is 41.3 Å². The van der Waals surface area contributed by atoms with E-state index in [0.717, 1.165) is 31.5 Å². The second-order valence-electron chi connectivity index (χ2n) is 6.60. The van der Waals surface area contributed by atoms with Crippen molar-refractivity contribution < 1.29 is 13.5 Å². The predicted octanol–water partition coefficient (Wildman–Crippen LogP) is 3.49. The summed E-state index contributed by atoms with van der Waals surface area (Å²) in [6.45, 7) is -0.362. The minimum atomic E-state index is -2.79. The van der Waals surface area contributed by atoms with E-state index >= 15 is 0 Å². The predicted molar refractivity (Wildman–Crippen MR) is 86.3 cm³/mol. The molecule has 4 nitrogen and oxygen atoms in total. The van der Waals surface area contributed by atoms with Crippen LogP contribution >= 0.6 is 0 Å². The standard InChI is InChI=1S/C18H21F2N3O/c19-18(20)24-16-4-2-1-3-13(16)11-23-9-7-14-15(8-10-23)21-22-17(14)12-5-6-12/h1-4,12,18H,5-11H2,(H,21,22). The molecule has 1 saturated carbocycles. The summed E-state index contributed by atoms with van der Waals surface area (Å²) in [5.41, 5.74) is 4.70. The van der Waals surface area contributed by atoms with Crippen LogP contribution in [0.15, 0.2) is 24.3 Å². The Balaban J connectivity index is 1.45. The average molecular weight is 333 g/mol. The van der Waals surface area contributed by atoms with Gasteiger partial charge < -0.3 is 4.74 Å². The first-order valence-corrected chi connectivity index (χ1v) is 8.52. The van der Waals surface area contributed by atoms with Crippen molar-refractivity contribution in [2.75, 3.05) is 13.1 Å². The topological polar surface area (TPSA) is 41.1 Å². The average Bonchev–Trinajstić information content (AvgIpc) is 3.35. The molecule has 2 aliphatic rings. The number of para-hydroxylation sites is 1. The number of nitrogens with zero attached hydrogens (tertiary/aromatic N) is 2. The van der Waals surface area contributed by atoms with Crippen molar-refractivity contribution >= 4 is 0 Å². The van der Waals surface area contributed by atoms with Crippen LogP contribution in [-0.4, -0.2) is 34.8 Å². The lowest BCUT2D eigenvalue weighted by Gasteiger charge is -2.21. The molecule has 1 aromatic carbocycles. The molecule has 4 rings (SSSR count).